The van der Waals surface area contributed by atoms with Crippen LogP contribution in [0, 0.1) is 0 Å². The molecule has 0 radical (unpaired) electrons. The molecule has 2 aromatic rings. The molecule has 1 nitrogen and oxygen atoms in total. The van der Waals surface area contributed by atoms with Crippen LogP contribution in [0.2, 0.25) is 5.02 Å². The van der Waals surface area contributed by atoms with Gasteiger partial charge < -0.3 is 5.32 Å². The predicted octanol–water partition coefficient (Wildman–Crippen LogP) is 5.44. The highest BCUT2D eigenvalue weighted by molar-refractivity contribution is 7.99. The van der Waals surface area contributed by atoms with Gasteiger partial charge >= 0.3 is 0 Å². The van der Waals surface area contributed by atoms with Crippen molar-refractivity contribution in [2.24, 2.45) is 0 Å². The van der Waals surface area contributed by atoms with E-state index in [4.69, 9.17) is 11.6 Å². The molecular formula is C14H14ClNS2. The standard InChI is InChI=1S/C14H14ClNS2/c15-10-5-6-14-12(9-10)16-11(3-1-7-18-14)13-4-2-8-17-13/h2,4-6,8-9,11,16H,1,3,7H2. The Morgan fingerprint density at radius 1 is 1.28 bits per heavy atom. The minimum atomic E-state index is 0.420. The number of thioether (sulfide) groups is 1. The van der Waals surface area contributed by atoms with E-state index in [2.05, 4.69) is 28.9 Å². The van der Waals surface area contributed by atoms with Crippen LogP contribution in [0.15, 0.2) is 40.6 Å². The molecular weight excluding hydrogens is 282 g/mol. The van der Waals surface area contributed by atoms with E-state index in [9.17, 15) is 0 Å². The summed E-state index contributed by atoms with van der Waals surface area (Å²) in [5.41, 5.74) is 1.17. The Balaban J connectivity index is 1.93. The first-order valence-corrected chi connectivity index (χ1v) is 8.29. The Kier molecular flexibility index (Phi) is 3.83. The average Bonchev–Trinajstić information content (AvgIpc) is 2.85. The summed E-state index contributed by atoms with van der Waals surface area (Å²) in [6.45, 7) is 0. The molecule has 18 heavy (non-hydrogen) atoms. The number of hydrogen-bond acceptors (Lipinski definition) is 3. The molecule has 94 valence electrons. The summed E-state index contributed by atoms with van der Waals surface area (Å²) < 4.78 is 0. The molecule has 1 N–H and O–H groups in total. The summed E-state index contributed by atoms with van der Waals surface area (Å²) in [5, 5.41) is 6.59. The molecule has 1 atom stereocenters. The van der Waals surface area contributed by atoms with Gasteiger partial charge in [0.05, 0.1) is 6.04 Å². The second-order valence-corrected chi connectivity index (χ2v) is 6.90. The fraction of sp³-hybridized carbons (Fsp3) is 0.286. The number of hydrogen-bond donors (Lipinski definition) is 1. The molecule has 0 amide bonds. The van der Waals surface area contributed by atoms with E-state index >= 15 is 0 Å². The third kappa shape index (κ3) is 2.68. The van der Waals surface area contributed by atoms with Gasteiger partial charge in [0.25, 0.3) is 0 Å². The molecule has 0 saturated carbocycles. The fourth-order valence-electron chi connectivity index (χ4n) is 2.17. The summed E-state index contributed by atoms with van der Waals surface area (Å²) in [5.74, 6) is 1.18. The average molecular weight is 296 g/mol. The Bertz CT molecular complexity index is 525. The summed E-state index contributed by atoms with van der Waals surface area (Å²) in [6, 6.07) is 10.9. The molecule has 0 fully saturated rings. The van der Waals surface area contributed by atoms with E-state index in [0.717, 1.165) is 5.02 Å². The van der Waals surface area contributed by atoms with E-state index in [1.54, 1.807) is 0 Å². The number of anilines is 1. The molecule has 1 unspecified atom stereocenters. The molecule has 1 aliphatic heterocycles. The predicted molar refractivity (Wildman–Crippen MR) is 82.1 cm³/mol. The number of rotatable bonds is 1. The third-order valence-corrected chi connectivity index (χ3v) is 5.43. The molecule has 0 spiro atoms. The maximum absolute atomic E-state index is 6.10. The van der Waals surface area contributed by atoms with Crippen molar-refractivity contribution in [2.45, 2.75) is 23.8 Å². The fourth-order valence-corrected chi connectivity index (χ4v) is 4.13. The Morgan fingerprint density at radius 2 is 2.22 bits per heavy atom. The van der Waals surface area contributed by atoms with Crippen LogP contribution in [-0.2, 0) is 0 Å². The maximum atomic E-state index is 6.10. The van der Waals surface area contributed by atoms with Crippen LogP contribution < -0.4 is 5.32 Å². The molecule has 1 aromatic carbocycles. The molecule has 3 rings (SSSR count). The second kappa shape index (κ2) is 5.55. The lowest BCUT2D eigenvalue weighted by Crippen LogP contribution is -2.12. The van der Waals surface area contributed by atoms with Crippen LogP contribution in [0.5, 0.6) is 0 Å². The minimum Gasteiger partial charge on any atom is -0.376 e. The van der Waals surface area contributed by atoms with Gasteiger partial charge in [-0.3, -0.25) is 0 Å². The summed E-state index contributed by atoms with van der Waals surface area (Å²) in [6.07, 6.45) is 2.42. The van der Waals surface area contributed by atoms with Gasteiger partial charge in [0.1, 0.15) is 0 Å². The van der Waals surface area contributed by atoms with Crippen molar-refractivity contribution in [3.8, 4) is 0 Å². The first kappa shape index (κ1) is 12.4. The molecule has 1 aliphatic rings. The quantitative estimate of drug-likeness (QED) is 0.752. The van der Waals surface area contributed by atoms with Gasteiger partial charge in [0.15, 0.2) is 0 Å². The zero-order valence-corrected chi connectivity index (χ0v) is 12.2. The lowest BCUT2D eigenvalue weighted by Gasteiger charge is -2.23. The van der Waals surface area contributed by atoms with Crippen molar-refractivity contribution in [3.63, 3.8) is 0 Å². The van der Waals surface area contributed by atoms with Gasteiger partial charge in [-0.2, -0.15) is 0 Å². The number of fused-ring (bicyclic) bond motifs is 1. The van der Waals surface area contributed by atoms with Crippen molar-refractivity contribution < 1.29 is 0 Å². The highest BCUT2D eigenvalue weighted by Gasteiger charge is 2.17. The van der Waals surface area contributed by atoms with Gasteiger partial charge in [-0.05, 0) is 48.2 Å². The van der Waals surface area contributed by atoms with Crippen molar-refractivity contribution >= 4 is 40.4 Å². The Hall–Kier alpha value is -0.640. The lowest BCUT2D eigenvalue weighted by atomic mass is 10.1. The molecule has 0 bridgehead atoms. The van der Waals surface area contributed by atoms with Gasteiger partial charge in [0, 0.05) is 20.5 Å². The van der Waals surface area contributed by atoms with Gasteiger partial charge in [-0.1, -0.05) is 17.7 Å². The zero-order valence-electron chi connectivity index (χ0n) is 9.86. The van der Waals surface area contributed by atoms with Crippen LogP contribution in [0.25, 0.3) is 0 Å². The van der Waals surface area contributed by atoms with Crippen LogP contribution in [-0.4, -0.2) is 5.75 Å². The van der Waals surface area contributed by atoms with Crippen LogP contribution in [0.4, 0.5) is 5.69 Å². The molecule has 0 aliphatic carbocycles. The summed E-state index contributed by atoms with van der Waals surface area (Å²) >= 11 is 9.83. The topological polar surface area (TPSA) is 12.0 Å². The van der Waals surface area contributed by atoms with E-state index in [0.29, 0.717) is 6.04 Å². The minimum absolute atomic E-state index is 0.420. The van der Waals surface area contributed by atoms with E-state index in [1.165, 1.54) is 34.1 Å². The third-order valence-electron chi connectivity index (χ3n) is 3.05. The largest absolute Gasteiger partial charge is 0.376 e. The smallest absolute Gasteiger partial charge is 0.0607 e. The first-order chi connectivity index (χ1) is 8.83. The van der Waals surface area contributed by atoms with Crippen molar-refractivity contribution in [1.29, 1.82) is 0 Å². The molecule has 0 saturated heterocycles. The van der Waals surface area contributed by atoms with Gasteiger partial charge in [-0.25, -0.2) is 0 Å². The van der Waals surface area contributed by atoms with E-state index in [-0.39, 0.29) is 0 Å². The highest BCUT2D eigenvalue weighted by atomic mass is 35.5. The van der Waals surface area contributed by atoms with Crippen molar-refractivity contribution in [2.75, 3.05) is 11.1 Å². The van der Waals surface area contributed by atoms with Crippen molar-refractivity contribution in [3.05, 3.63) is 45.6 Å². The molecule has 2 heterocycles. The molecule has 4 heteroatoms. The van der Waals surface area contributed by atoms with Crippen LogP contribution in [0.1, 0.15) is 23.8 Å². The highest BCUT2D eigenvalue weighted by Crippen LogP contribution is 2.37. The zero-order chi connectivity index (χ0) is 12.4. The molecule has 1 aromatic heterocycles. The lowest BCUT2D eigenvalue weighted by molar-refractivity contribution is 0.687. The number of thiophene rings is 1. The monoisotopic (exact) mass is 295 g/mol. The van der Waals surface area contributed by atoms with E-state index < -0.39 is 0 Å². The Labute approximate surface area is 121 Å². The van der Waals surface area contributed by atoms with Crippen LogP contribution in [0.3, 0.4) is 0 Å². The van der Waals surface area contributed by atoms with Crippen LogP contribution >= 0.6 is 34.7 Å². The second-order valence-electron chi connectivity index (χ2n) is 4.34. The van der Waals surface area contributed by atoms with Crippen molar-refractivity contribution in [1.82, 2.24) is 0 Å². The van der Waals surface area contributed by atoms with Gasteiger partial charge in [-0.15, -0.1) is 23.1 Å². The first-order valence-electron chi connectivity index (χ1n) is 6.05. The number of benzene rings is 1. The van der Waals surface area contributed by atoms with E-state index in [1.807, 2.05) is 35.2 Å². The summed E-state index contributed by atoms with van der Waals surface area (Å²) in [7, 11) is 0. The number of halogens is 1. The maximum Gasteiger partial charge on any atom is 0.0607 e. The van der Waals surface area contributed by atoms with Gasteiger partial charge in [0.2, 0.25) is 0 Å². The Morgan fingerprint density at radius 3 is 3.06 bits per heavy atom. The SMILES string of the molecule is Clc1ccc2c(c1)NC(c1cccs1)CCCS2. The summed E-state index contributed by atoms with van der Waals surface area (Å²) in [4.78, 5) is 2.72. The number of nitrogens with one attached hydrogen (secondary N) is 1. The normalized spacial score (nSPS) is 19.5.